The lowest BCUT2D eigenvalue weighted by Crippen LogP contribution is -2.34. The van der Waals surface area contributed by atoms with E-state index in [4.69, 9.17) is 17.3 Å². The number of nitrogens with zero attached hydrogens (tertiary/aromatic N) is 2. The molecule has 2 unspecified atom stereocenters. The summed E-state index contributed by atoms with van der Waals surface area (Å²) in [5, 5.41) is 3.00. The Morgan fingerprint density at radius 3 is 2.67 bits per heavy atom. The monoisotopic (exact) mass is 304 g/mol. The van der Waals surface area contributed by atoms with Crippen molar-refractivity contribution in [1.82, 2.24) is 9.97 Å². The molecule has 0 aliphatic heterocycles. The predicted octanol–water partition coefficient (Wildman–Crippen LogP) is 2.74. The van der Waals surface area contributed by atoms with E-state index in [1.165, 1.54) is 0 Å². The van der Waals surface area contributed by atoms with Crippen molar-refractivity contribution < 1.29 is 4.79 Å². The van der Waals surface area contributed by atoms with E-state index in [9.17, 15) is 4.79 Å². The average molecular weight is 305 g/mol. The summed E-state index contributed by atoms with van der Waals surface area (Å²) in [6.45, 7) is 0. The molecule has 1 aliphatic rings. The van der Waals surface area contributed by atoms with Gasteiger partial charge in [0.2, 0.25) is 5.91 Å². The second-order valence-corrected chi connectivity index (χ2v) is 5.82. The molecule has 6 heteroatoms. The van der Waals surface area contributed by atoms with E-state index >= 15 is 0 Å². The maximum absolute atomic E-state index is 12.3. The molecule has 1 fully saturated rings. The van der Waals surface area contributed by atoms with Crippen LogP contribution in [-0.4, -0.2) is 21.9 Å². The fourth-order valence-electron chi connectivity index (χ4n) is 2.74. The van der Waals surface area contributed by atoms with E-state index < -0.39 is 0 Å². The van der Waals surface area contributed by atoms with Crippen LogP contribution in [0.15, 0.2) is 24.3 Å². The Hall–Kier alpha value is -1.72. The van der Waals surface area contributed by atoms with Crippen molar-refractivity contribution in [2.24, 2.45) is 11.7 Å². The molecule has 110 valence electrons. The highest BCUT2D eigenvalue weighted by atomic mass is 35.5. The molecule has 1 aromatic carbocycles. The van der Waals surface area contributed by atoms with E-state index in [0.29, 0.717) is 23.3 Å². The van der Waals surface area contributed by atoms with Crippen LogP contribution in [0.3, 0.4) is 0 Å². The summed E-state index contributed by atoms with van der Waals surface area (Å²) in [4.78, 5) is 20.9. The van der Waals surface area contributed by atoms with Crippen molar-refractivity contribution in [3.63, 3.8) is 0 Å². The number of para-hydroxylation sites is 2. The molecule has 1 amide bonds. The first kappa shape index (κ1) is 14.2. The topological polar surface area (TPSA) is 80.9 Å². The summed E-state index contributed by atoms with van der Waals surface area (Å²) in [6.07, 6.45) is 3.54. The lowest BCUT2D eigenvalue weighted by molar-refractivity contribution is -0.120. The summed E-state index contributed by atoms with van der Waals surface area (Å²) in [7, 11) is 0. The first-order valence-corrected chi connectivity index (χ1v) is 7.50. The number of amides is 1. The van der Waals surface area contributed by atoms with Gasteiger partial charge in [-0.05, 0) is 31.4 Å². The molecule has 0 spiro atoms. The molecular formula is C15H17ClN4O. The molecule has 0 saturated heterocycles. The highest BCUT2D eigenvalue weighted by molar-refractivity contribution is 6.32. The van der Waals surface area contributed by atoms with Crippen molar-refractivity contribution in [3.05, 3.63) is 29.4 Å². The Kier molecular flexibility index (Phi) is 4.03. The Morgan fingerprint density at radius 1 is 1.24 bits per heavy atom. The number of carbonyl (C=O) groups is 1. The maximum Gasteiger partial charge on any atom is 0.228 e. The predicted molar refractivity (Wildman–Crippen MR) is 83.1 cm³/mol. The number of nitrogens with two attached hydrogens (primary N) is 1. The van der Waals surface area contributed by atoms with Gasteiger partial charge >= 0.3 is 0 Å². The molecule has 21 heavy (non-hydrogen) atoms. The van der Waals surface area contributed by atoms with Crippen LogP contribution in [0.4, 0.5) is 5.82 Å². The van der Waals surface area contributed by atoms with Gasteiger partial charge in [-0.2, -0.15) is 0 Å². The zero-order chi connectivity index (χ0) is 14.8. The van der Waals surface area contributed by atoms with Gasteiger partial charge in [0.05, 0.1) is 11.0 Å². The fraction of sp³-hybridized carbons (Fsp3) is 0.400. The summed E-state index contributed by atoms with van der Waals surface area (Å²) in [5.41, 5.74) is 7.34. The minimum Gasteiger partial charge on any atom is -0.328 e. The lowest BCUT2D eigenvalue weighted by atomic mass is 9.85. The van der Waals surface area contributed by atoms with E-state index in [2.05, 4.69) is 15.3 Å². The third kappa shape index (κ3) is 3.14. The normalized spacial score (nSPS) is 22.2. The van der Waals surface area contributed by atoms with Crippen LogP contribution >= 0.6 is 11.6 Å². The molecule has 5 nitrogen and oxygen atoms in total. The Morgan fingerprint density at radius 2 is 1.95 bits per heavy atom. The number of fused-ring (bicyclic) bond motifs is 1. The van der Waals surface area contributed by atoms with Gasteiger partial charge in [0.15, 0.2) is 11.0 Å². The molecule has 3 rings (SSSR count). The zero-order valence-electron chi connectivity index (χ0n) is 11.6. The van der Waals surface area contributed by atoms with Gasteiger partial charge < -0.3 is 11.1 Å². The van der Waals surface area contributed by atoms with Crippen LogP contribution in [0.5, 0.6) is 0 Å². The van der Waals surface area contributed by atoms with Gasteiger partial charge in [-0.1, -0.05) is 30.2 Å². The molecule has 3 N–H and O–H groups in total. The maximum atomic E-state index is 12.3. The van der Waals surface area contributed by atoms with Gasteiger partial charge in [0.25, 0.3) is 0 Å². The third-order valence-electron chi connectivity index (χ3n) is 3.86. The van der Waals surface area contributed by atoms with Gasteiger partial charge in [0, 0.05) is 12.0 Å². The Balaban J connectivity index is 1.80. The van der Waals surface area contributed by atoms with Crippen LogP contribution in [0.25, 0.3) is 11.0 Å². The molecule has 1 saturated carbocycles. The van der Waals surface area contributed by atoms with E-state index in [1.807, 2.05) is 24.3 Å². The SMILES string of the molecule is NC1CCCC(C(=O)Nc2nc3ccccc3nc2Cl)C1. The molecule has 0 radical (unpaired) electrons. The van der Waals surface area contributed by atoms with Gasteiger partial charge in [-0.25, -0.2) is 9.97 Å². The Bertz CT molecular complexity index is 676. The highest BCUT2D eigenvalue weighted by Gasteiger charge is 2.26. The summed E-state index contributed by atoms with van der Waals surface area (Å²) in [5.74, 6) is 0.175. The third-order valence-corrected chi connectivity index (χ3v) is 4.12. The van der Waals surface area contributed by atoms with Crippen LogP contribution < -0.4 is 11.1 Å². The van der Waals surface area contributed by atoms with Crippen molar-refractivity contribution >= 4 is 34.4 Å². The highest BCUT2D eigenvalue weighted by Crippen LogP contribution is 2.26. The number of anilines is 1. The first-order chi connectivity index (χ1) is 10.1. The molecule has 1 aromatic heterocycles. The number of hydrogen-bond acceptors (Lipinski definition) is 4. The number of rotatable bonds is 2. The summed E-state index contributed by atoms with van der Waals surface area (Å²) < 4.78 is 0. The van der Waals surface area contributed by atoms with E-state index in [-0.39, 0.29) is 23.0 Å². The molecule has 2 aromatic rings. The molecule has 0 bridgehead atoms. The zero-order valence-corrected chi connectivity index (χ0v) is 12.3. The Labute approximate surface area is 127 Å². The van der Waals surface area contributed by atoms with Crippen LogP contribution in [-0.2, 0) is 4.79 Å². The molecular weight excluding hydrogens is 288 g/mol. The first-order valence-electron chi connectivity index (χ1n) is 7.12. The van der Waals surface area contributed by atoms with Crippen LogP contribution in [0.2, 0.25) is 5.15 Å². The van der Waals surface area contributed by atoms with Gasteiger partial charge in [0.1, 0.15) is 0 Å². The second kappa shape index (κ2) is 5.95. The minimum atomic E-state index is -0.0726. The fourth-order valence-corrected chi connectivity index (χ4v) is 2.92. The molecule has 1 aliphatic carbocycles. The number of halogens is 1. The smallest absolute Gasteiger partial charge is 0.228 e. The quantitative estimate of drug-likeness (QED) is 0.894. The minimum absolute atomic E-state index is 0.0712. The van der Waals surface area contributed by atoms with Gasteiger partial charge in [-0.3, -0.25) is 4.79 Å². The molecule has 1 heterocycles. The van der Waals surface area contributed by atoms with Crippen molar-refractivity contribution in [2.45, 2.75) is 31.7 Å². The standard InChI is InChI=1S/C15H17ClN4O/c16-13-14(19-12-7-2-1-6-11(12)18-13)20-15(21)9-4-3-5-10(17)8-9/h1-2,6-7,9-10H,3-5,8,17H2,(H,19,20,21). The number of benzene rings is 1. The van der Waals surface area contributed by atoms with Crippen LogP contribution in [0, 0.1) is 5.92 Å². The summed E-state index contributed by atoms with van der Waals surface area (Å²) in [6, 6.07) is 7.52. The number of carbonyl (C=O) groups excluding carboxylic acids is 1. The second-order valence-electron chi connectivity index (χ2n) is 5.46. The van der Waals surface area contributed by atoms with Crippen molar-refractivity contribution in [3.8, 4) is 0 Å². The molecule has 2 atom stereocenters. The van der Waals surface area contributed by atoms with Crippen molar-refractivity contribution in [2.75, 3.05) is 5.32 Å². The van der Waals surface area contributed by atoms with Gasteiger partial charge in [-0.15, -0.1) is 0 Å². The lowest BCUT2D eigenvalue weighted by Gasteiger charge is -2.25. The number of aromatic nitrogens is 2. The average Bonchev–Trinajstić information content (AvgIpc) is 2.48. The van der Waals surface area contributed by atoms with E-state index in [0.717, 1.165) is 19.3 Å². The van der Waals surface area contributed by atoms with Crippen molar-refractivity contribution in [1.29, 1.82) is 0 Å². The number of hydrogen-bond donors (Lipinski definition) is 2. The summed E-state index contributed by atoms with van der Waals surface area (Å²) >= 11 is 6.10. The van der Waals surface area contributed by atoms with Crippen LogP contribution in [0.1, 0.15) is 25.7 Å². The van der Waals surface area contributed by atoms with E-state index in [1.54, 1.807) is 0 Å². The largest absolute Gasteiger partial charge is 0.328 e. The number of nitrogens with one attached hydrogen (secondary N) is 1.